The van der Waals surface area contributed by atoms with Crippen molar-refractivity contribution in [3.63, 3.8) is 0 Å². The average Bonchev–Trinajstić information content (AvgIpc) is 3.00. The third-order valence-corrected chi connectivity index (χ3v) is 6.21. The second-order valence-corrected chi connectivity index (χ2v) is 8.51. The van der Waals surface area contributed by atoms with Gasteiger partial charge in [0.05, 0.1) is 12.1 Å². The predicted molar refractivity (Wildman–Crippen MR) is 126 cm³/mol. The number of carboxylic acid groups (broad SMARTS) is 1. The van der Waals surface area contributed by atoms with E-state index in [-0.39, 0.29) is 0 Å². The highest BCUT2D eigenvalue weighted by atomic mass is 16.4. The minimum absolute atomic E-state index is 0.328. The van der Waals surface area contributed by atoms with Crippen LogP contribution in [0.5, 0.6) is 0 Å². The topological polar surface area (TPSA) is 80.0 Å². The van der Waals surface area contributed by atoms with Crippen LogP contribution < -0.4 is 5.32 Å². The number of fused-ring (bicyclic) bond motifs is 3. The number of carbonyl (C=O) groups is 1. The molecule has 6 nitrogen and oxygen atoms in total. The fraction of sp³-hybridized carbons (Fsp3) is 0.269. The number of carboxylic acids is 1. The van der Waals surface area contributed by atoms with Crippen LogP contribution in [-0.4, -0.2) is 25.6 Å². The summed E-state index contributed by atoms with van der Waals surface area (Å²) in [7, 11) is 0. The molecule has 6 heteroatoms. The molecule has 0 radical (unpaired) electrons. The monoisotopic (exact) mass is 426 g/mol. The summed E-state index contributed by atoms with van der Waals surface area (Å²) in [5, 5.41) is 12.8. The van der Waals surface area contributed by atoms with Crippen molar-refractivity contribution in [2.75, 3.05) is 5.32 Å². The third kappa shape index (κ3) is 3.51. The number of rotatable bonds is 4. The maximum atomic E-state index is 11.3. The van der Waals surface area contributed by atoms with Crippen molar-refractivity contribution in [1.82, 2.24) is 14.5 Å². The van der Waals surface area contributed by atoms with Crippen LogP contribution in [0.15, 0.2) is 42.5 Å². The van der Waals surface area contributed by atoms with E-state index in [1.807, 2.05) is 13.0 Å². The van der Waals surface area contributed by atoms with E-state index in [0.717, 1.165) is 71.0 Å². The van der Waals surface area contributed by atoms with E-state index in [2.05, 4.69) is 48.0 Å². The molecule has 0 bridgehead atoms. The summed E-state index contributed by atoms with van der Waals surface area (Å²) in [5.41, 5.74) is 9.94. The number of aromatic carboxylic acids is 1. The van der Waals surface area contributed by atoms with E-state index in [4.69, 9.17) is 9.97 Å². The van der Waals surface area contributed by atoms with Gasteiger partial charge >= 0.3 is 5.97 Å². The summed E-state index contributed by atoms with van der Waals surface area (Å²) in [6.07, 6.45) is 2.50. The fourth-order valence-corrected chi connectivity index (χ4v) is 4.61. The predicted octanol–water partition coefficient (Wildman–Crippen LogP) is 5.20. The van der Waals surface area contributed by atoms with Crippen LogP contribution in [0.1, 0.15) is 51.1 Å². The summed E-state index contributed by atoms with van der Waals surface area (Å²) in [6, 6.07) is 13.9. The summed E-state index contributed by atoms with van der Waals surface area (Å²) in [4.78, 5) is 21.0. The molecule has 2 aromatic carbocycles. The van der Waals surface area contributed by atoms with E-state index >= 15 is 0 Å². The molecule has 4 aromatic rings. The molecule has 3 heterocycles. The number of hydrogen-bond acceptors (Lipinski definition) is 4. The van der Waals surface area contributed by atoms with Crippen molar-refractivity contribution in [2.24, 2.45) is 0 Å². The highest BCUT2D eigenvalue weighted by Crippen LogP contribution is 2.32. The number of imidazole rings is 1. The number of nitrogens with zero attached hydrogens (tertiary/aromatic N) is 3. The Morgan fingerprint density at radius 3 is 2.47 bits per heavy atom. The van der Waals surface area contributed by atoms with E-state index in [0.29, 0.717) is 5.56 Å². The van der Waals surface area contributed by atoms with Crippen LogP contribution in [0.25, 0.3) is 11.2 Å². The van der Waals surface area contributed by atoms with Crippen LogP contribution in [0.3, 0.4) is 0 Å². The van der Waals surface area contributed by atoms with E-state index in [9.17, 15) is 9.90 Å². The highest BCUT2D eigenvalue weighted by molar-refractivity contribution is 5.89. The highest BCUT2D eigenvalue weighted by Gasteiger charge is 2.17. The van der Waals surface area contributed by atoms with E-state index in [1.54, 1.807) is 12.1 Å². The smallest absolute Gasteiger partial charge is 0.335 e. The van der Waals surface area contributed by atoms with Gasteiger partial charge in [-0.3, -0.25) is 0 Å². The van der Waals surface area contributed by atoms with Crippen molar-refractivity contribution in [1.29, 1.82) is 0 Å². The summed E-state index contributed by atoms with van der Waals surface area (Å²) < 4.78 is 2.23. The molecule has 162 valence electrons. The Balaban J connectivity index is 1.49. The molecule has 0 unspecified atom stereocenters. The summed E-state index contributed by atoms with van der Waals surface area (Å²) in [6.45, 7) is 6.97. The number of nitrogens with one attached hydrogen (secondary N) is 1. The van der Waals surface area contributed by atoms with Crippen molar-refractivity contribution in [2.45, 2.75) is 46.6 Å². The van der Waals surface area contributed by atoms with Crippen LogP contribution in [0, 0.1) is 13.8 Å². The Bertz CT molecular complexity index is 1370. The Hall–Kier alpha value is -3.67. The van der Waals surface area contributed by atoms with E-state index < -0.39 is 5.97 Å². The van der Waals surface area contributed by atoms with Gasteiger partial charge in [-0.1, -0.05) is 19.1 Å². The Labute approximate surface area is 187 Å². The van der Waals surface area contributed by atoms with Crippen molar-refractivity contribution >= 4 is 28.5 Å². The van der Waals surface area contributed by atoms with E-state index in [1.165, 1.54) is 11.1 Å². The van der Waals surface area contributed by atoms with Gasteiger partial charge < -0.3 is 15.0 Å². The van der Waals surface area contributed by atoms with Crippen molar-refractivity contribution in [3.8, 4) is 0 Å². The Morgan fingerprint density at radius 1 is 1.03 bits per heavy atom. The molecule has 0 atom stereocenters. The molecule has 1 aliphatic rings. The molecular formula is C26H26N4O2. The number of pyridine rings is 1. The van der Waals surface area contributed by atoms with Gasteiger partial charge in [-0.05, 0) is 79.3 Å². The third-order valence-electron chi connectivity index (χ3n) is 6.21. The van der Waals surface area contributed by atoms with Crippen molar-refractivity contribution < 1.29 is 9.90 Å². The average molecular weight is 427 g/mol. The molecule has 0 amide bonds. The standard InChI is InChI=1S/C26H26N4O2/c1-4-23-29-24-15(2)11-16(3)27-25(24)30(23)14-17-5-9-21-18(12-17)6-7-19-13-20(26(31)32)8-10-22(19)28-21/h5,8-13,28H,4,6-7,14H2,1-3H3,(H,31,32). The fourth-order valence-electron chi connectivity index (χ4n) is 4.61. The number of aromatic nitrogens is 3. The first-order chi connectivity index (χ1) is 15.4. The molecule has 0 spiro atoms. The van der Waals surface area contributed by atoms with Crippen LogP contribution in [0.4, 0.5) is 11.4 Å². The number of anilines is 2. The van der Waals surface area contributed by atoms with Crippen LogP contribution >= 0.6 is 0 Å². The SMILES string of the molecule is CCc1nc2c(C)cc(C)nc2n1Cc1ccc2c(c1)CCc1cc(C(=O)O)ccc1N2. The summed E-state index contributed by atoms with van der Waals surface area (Å²) in [5.74, 6) is 0.151. The Kier molecular flexibility index (Phi) is 4.93. The Morgan fingerprint density at radius 2 is 1.75 bits per heavy atom. The van der Waals surface area contributed by atoms with Gasteiger partial charge in [0.25, 0.3) is 0 Å². The maximum absolute atomic E-state index is 11.3. The van der Waals surface area contributed by atoms with Gasteiger partial charge in [0.15, 0.2) is 5.65 Å². The number of benzene rings is 2. The lowest BCUT2D eigenvalue weighted by Gasteiger charge is -2.13. The lowest BCUT2D eigenvalue weighted by Crippen LogP contribution is -2.06. The normalized spacial score (nSPS) is 12.7. The summed E-state index contributed by atoms with van der Waals surface area (Å²) >= 11 is 0. The molecule has 2 N–H and O–H groups in total. The van der Waals surface area contributed by atoms with Gasteiger partial charge in [0.1, 0.15) is 11.3 Å². The molecule has 0 fully saturated rings. The molecule has 32 heavy (non-hydrogen) atoms. The molecule has 0 aliphatic carbocycles. The molecular weight excluding hydrogens is 400 g/mol. The number of aryl methyl sites for hydroxylation is 5. The quantitative estimate of drug-likeness (QED) is 0.469. The van der Waals surface area contributed by atoms with Gasteiger partial charge in [0, 0.05) is 23.5 Å². The minimum atomic E-state index is -0.893. The minimum Gasteiger partial charge on any atom is -0.478 e. The zero-order valence-electron chi connectivity index (χ0n) is 18.6. The first-order valence-electron chi connectivity index (χ1n) is 11.0. The van der Waals surface area contributed by atoms with Gasteiger partial charge in [-0.25, -0.2) is 14.8 Å². The first-order valence-corrected chi connectivity index (χ1v) is 11.0. The van der Waals surface area contributed by atoms with Crippen LogP contribution in [-0.2, 0) is 25.8 Å². The van der Waals surface area contributed by atoms with Gasteiger partial charge in [-0.15, -0.1) is 0 Å². The lowest BCUT2D eigenvalue weighted by molar-refractivity contribution is 0.0697. The molecule has 0 saturated heterocycles. The first kappa shape index (κ1) is 20.2. The van der Waals surface area contributed by atoms with Crippen LogP contribution in [0.2, 0.25) is 0 Å². The van der Waals surface area contributed by atoms with Crippen molar-refractivity contribution in [3.05, 3.63) is 81.8 Å². The zero-order chi connectivity index (χ0) is 22.4. The second kappa shape index (κ2) is 7.79. The molecule has 5 rings (SSSR count). The molecule has 2 aromatic heterocycles. The largest absolute Gasteiger partial charge is 0.478 e. The van der Waals surface area contributed by atoms with Gasteiger partial charge in [0.2, 0.25) is 0 Å². The molecule has 1 aliphatic heterocycles. The number of hydrogen-bond donors (Lipinski definition) is 2. The second-order valence-electron chi connectivity index (χ2n) is 8.51. The lowest BCUT2D eigenvalue weighted by atomic mass is 10.0. The van der Waals surface area contributed by atoms with Gasteiger partial charge in [-0.2, -0.15) is 0 Å². The maximum Gasteiger partial charge on any atom is 0.335 e. The zero-order valence-corrected chi connectivity index (χ0v) is 18.6. The molecule has 0 saturated carbocycles.